The maximum absolute atomic E-state index is 5.95. The molecule has 0 bridgehead atoms. The van der Waals surface area contributed by atoms with Gasteiger partial charge in [0, 0.05) is 15.8 Å². The van der Waals surface area contributed by atoms with E-state index in [2.05, 4.69) is 40.4 Å². The molecule has 1 heterocycles. The van der Waals surface area contributed by atoms with E-state index in [0.29, 0.717) is 0 Å². The summed E-state index contributed by atoms with van der Waals surface area (Å²) in [6.07, 6.45) is 0.829. The average molecular weight is 346 g/mol. The van der Waals surface area contributed by atoms with Gasteiger partial charge in [-0.25, -0.2) is 0 Å². The van der Waals surface area contributed by atoms with Crippen molar-refractivity contribution < 1.29 is 0 Å². The van der Waals surface area contributed by atoms with E-state index in [1.54, 1.807) is 11.3 Å². The lowest BCUT2D eigenvalue weighted by Crippen LogP contribution is -2.29. The molecule has 0 saturated heterocycles. The minimum absolute atomic E-state index is 0.0778. The van der Waals surface area contributed by atoms with Crippen molar-refractivity contribution in [3.05, 3.63) is 55.1 Å². The van der Waals surface area contributed by atoms with Crippen molar-refractivity contribution in [2.24, 2.45) is 5.84 Å². The molecule has 2 rings (SSSR count). The highest BCUT2D eigenvalue weighted by molar-refractivity contribution is 9.10. The van der Waals surface area contributed by atoms with E-state index in [1.165, 1.54) is 16.0 Å². The van der Waals surface area contributed by atoms with Crippen LogP contribution in [0.3, 0.4) is 0 Å². The molecule has 0 aliphatic heterocycles. The van der Waals surface area contributed by atoms with Gasteiger partial charge in [0.05, 0.1) is 10.4 Å². The summed E-state index contributed by atoms with van der Waals surface area (Å²) >= 11 is 11.2. The fourth-order valence-corrected chi connectivity index (χ4v) is 3.53. The molecule has 1 unspecified atom stereocenters. The lowest BCUT2D eigenvalue weighted by molar-refractivity contribution is 0.553. The van der Waals surface area contributed by atoms with Crippen LogP contribution in [0, 0.1) is 6.92 Å². The lowest BCUT2D eigenvalue weighted by atomic mass is 10.0. The predicted octanol–water partition coefficient (Wildman–Crippen LogP) is 4.22. The number of thiophene rings is 1. The van der Waals surface area contributed by atoms with Crippen molar-refractivity contribution in [2.45, 2.75) is 19.4 Å². The molecule has 1 aromatic carbocycles. The number of rotatable bonds is 4. The number of aryl methyl sites for hydroxylation is 1. The quantitative estimate of drug-likeness (QED) is 0.643. The first kappa shape index (κ1) is 14.0. The van der Waals surface area contributed by atoms with Crippen LogP contribution in [0.4, 0.5) is 0 Å². The third-order valence-corrected chi connectivity index (χ3v) is 5.17. The first-order valence-electron chi connectivity index (χ1n) is 5.57. The van der Waals surface area contributed by atoms with E-state index in [1.807, 2.05) is 18.2 Å². The van der Waals surface area contributed by atoms with Crippen molar-refractivity contribution in [2.75, 3.05) is 0 Å². The predicted molar refractivity (Wildman–Crippen MR) is 82.0 cm³/mol. The first-order chi connectivity index (χ1) is 8.61. The highest BCUT2D eigenvalue weighted by Crippen LogP contribution is 2.31. The second-order valence-corrected chi connectivity index (χ2v) is 6.70. The number of hydrogen-bond acceptors (Lipinski definition) is 3. The third-order valence-electron chi connectivity index (χ3n) is 2.83. The highest BCUT2D eigenvalue weighted by Gasteiger charge is 2.15. The van der Waals surface area contributed by atoms with E-state index in [9.17, 15) is 0 Å². The van der Waals surface area contributed by atoms with Gasteiger partial charge in [0.15, 0.2) is 0 Å². The zero-order valence-corrected chi connectivity index (χ0v) is 13.1. The Morgan fingerprint density at radius 1 is 1.39 bits per heavy atom. The SMILES string of the molecule is Cc1cccc(C(Cc2ccc(Cl)s2)NN)c1Br. The Hall–Kier alpha value is -0.390. The number of nitrogens with two attached hydrogens (primary N) is 1. The van der Waals surface area contributed by atoms with E-state index in [4.69, 9.17) is 17.4 Å². The molecule has 3 N–H and O–H groups in total. The third kappa shape index (κ3) is 3.13. The molecule has 0 spiro atoms. The Labute approximate surface area is 124 Å². The molecular formula is C13H14BrClN2S. The van der Waals surface area contributed by atoms with E-state index in [0.717, 1.165) is 15.2 Å². The fourth-order valence-electron chi connectivity index (χ4n) is 1.86. The summed E-state index contributed by atoms with van der Waals surface area (Å²) in [4.78, 5) is 1.22. The molecule has 2 aromatic rings. The Morgan fingerprint density at radius 2 is 2.17 bits per heavy atom. The maximum Gasteiger partial charge on any atom is 0.0931 e. The Kier molecular flexibility index (Phi) is 4.81. The van der Waals surface area contributed by atoms with Gasteiger partial charge in [-0.1, -0.05) is 45.7 Å². The summed E-state index contributed by atoms with van der Waals surface area (Å²) in [5.41, 5.74) is 5.25. The van der Waals surface area contributed by atoms with Crippen molar-refractivity contribution in [1.82, 2.24) is 5.43 Å². The molecule has 0 saturated carbocycles. The van der Waals surface area contributed by atoms with Crippen LogP contribution in [0.25, 0.3) is 0 Å². The van der Waals surface area contributed by atoms with Gasteiger partial charge in [-0.15, -0.1) is 11.3 Å². The van der Waals surface area contributed by atoms with Crippen LogP contribution >= 0.6 is 38.9 Å². The molecule has 1 atom stereocenters. The van der Waals surface area contributed by atoms with Crippen LogP contribution in [-0.4, -0.2) is 0 Å². The van der Waals surface area contributed by atoms with E-state index < -0.39 is 0 Å². The van der Waals surface area contributed by atoms with Gasteiger partial charge in [0.2, 0.25) is 0 Å². The van der Waals surface area contributed by atoms with Crippen LogP contribution in [0.1, 0.15) is 22.0 Å². The molecule has 2 nitrogen and oxygen atoms in total. The topological polar surface area (TPSA) is 38.0 Å². The molecule has 0 radical (unpaired) electrons. The highest BCUT2D eigenvalue weighted by atomic mass is 79.9. The summed E-state index contributed by atoms with van der Waals surface area (Å²) in [5.74, 6) is 5.68. The van der Waals surface area contributed by atoms with Crippen molar-refractivity contribution in [3.63, 3.8) is 0 Å². The standard InChI is InChI=1S/C13H14BrClN2S/c1-8-3-2-4-10(13(8)14)11(17-16)7-9-5-6-12(15)18-9/h2-6,11,17H,7,16H2,1H3. The molecule has 96 valence electrons. The summed E-state index contributed by atoms with van der Waals surface area (Å²) in [7, 11) is 0. The van der Waals surface area contributed by atoms with Gasteiger partial charge in [-0.3, -0.25) is 11.3 Å². The number of benzene rings is 1. The second-order valence-electron chi connectivity index (χ2n) is 4.11. The van der Waals surface area contributed by atoms with Crippen molar-refractivity contribution >= 4 is 38.9 Å². The van der Waals surface area contributed by atoms with E-state index >= 15 is 0 Å². The van der Waals surface area contributed by atoms with Crippen molar-refractivity contribution in [1.29, 1.82) is 0 Å². The maximum atomic E-state index is 5.95. The first-order valence-corrected chi connectivity index (χ1v) is 7.56. The Morgan fingerprint density at radius 3 is 2.78 bits per heavy atom. The average Bonchev–Trinajstić information content (AvgIpc) is 2.76. The van der Waals surface area contributed by atoms with Gasteiger partial charge in [-0.05, 0) is 30.2 Å². The van der Waals surface area contributed by atoms with Crippen LogP contribution in [0.2, 0.25) is 4.34 Å². The number of hydrogen-bond donors (Lipinski definition) is 2. The van der Waals surface area contributed by atoms with Crippen LogP contribution in [0.15, 0.2) is 34.8 Å². The Balaban J connectivity index is 2.25. The van der Waals surface area contributed by atoms with Crippen LogP contribution < -0.4 is 11.3 Å². The van der Waals surface area contributed by atoms with Crippen LogP contribution in [0.5, 0.6) is 0 Å². The van der Waals surface area contributed by atoms with Gasteiger partial charge < -0.3 is 0 Å². The van der Waals surface area contributed by atoms with Gasteiger partial charge in [-0.2, -0.15) is 0 Å². The zero-order valence-electron chi connectivity index (χ0n) is 9.91. The molecule has 0 fully saturated rings. The van der Waals surface area contributed by atoms with Gasteiger partial charge >= 0.3 is 0 Å². The zero-order chi connectivity index (χ0) is 13.1. The Bertz CT molecular complexity index is 542. The van der Waals surface area contributed by atoms with Gasteiger partial charge in [0.25, 0.3) is 0 Å². The summed E-state index contributed by atoms with van der Waals surface area (Å²) in [6.45, 7) is 2.07. The van der Waals surface area contributed by atoms with Crippen LogP contribution in [-0.2, 0) is 6.42 Å². The monoisotopic (exact) mass is 344 g/mol. The number of nitrogens with one attached hydrogen (secondary N) is 1. The minimum Gasteiger partial charge on any atom is -0.271 e. The molecule has 0 amide bonds. The number of halogens is 2. The van der Waals surface area contributed by atoms with Gasteiger partial charge in [0.1, 0.15) is 0 Å². The summed E-state index contributed by atoms with van der Waals surface area (Å²) < 4.78 is 1.92. The molecule has 5 heteroatoms. The normalized spacial score (nSPS) is 12.7. The molecule has 0 aliphatic carbocycles. The molecule has 0 aliphatic rings. The molecule has 1 aromatic heterocycles. The summed E-state index contributed by atoms with van der Waals surface area (Å²) in [6, 6.07) is 10.2. The van der Waals surface area contributed by atoms with Crippen molar-refractivity contribution in [3.8, 4) is 0 Å². The largest absolute Gasteiger partial charge is 0.271 e. The fraction of sp³-hybridized carbons (Fsp3) is 0.231. The molecular weight excluding hydrogens is 332 g/mol. The number of hydrazine groups is 1. The molecule has 18 heavy (non-hydrogen) atoms. The minimum atomic E-state index is 0.0778. The summed E-state index contributed by atoms with van der Waals surface area (Å²) in [5, 5.41) is 0. The lowest BCUT2D eigenvalue weighted by Gasteiger charge is -2.18. The smallest absolute Gasteiger partial charge is 0.0931 e. The second kappa shape index (κ2) is 6.17. The van der Waals surface area contributed by atoms with E-state index in [-0.39, 0.29) is 6.04 Å².